The predicted octanol–water partition coefficient (Wildman–Crippen LogP) is 1.04. The highest BCUT2D eigenvalue weighted by atomic mass is 32.2. The zero-order valence-electron chi connectivity index (χ0n) is 12.3. The van der Waals surface area contributed by atoms with Crippen molar-refractivity contribution < 1.29 is 8.42 Å². The van der Waals surface area contributed by atoms with E-state index in [4.69, 9.17) is 0 Å². The number of piperidine rings is 1. The van der Waals surface area contributed by atoms with E-state index < -0.39 is 10.2 Å². The fourth-order valence-corrected chi connectivity index (χ4v) is 3.98. The van der Waals surface area contributed by atoms with Crippen molar-refractivity contribution >= 4 is 10.2 Å². The predicted molar refractivity (Wildman–Crippen MR) is 77.1 cm³/mol. The first-order valence-corrected chi connectivity index (χ1v) is 8.77. The van der Waals surface area contributed by atoms with Gasteiger partial charge in [-0.1, -0.05) is 0 Å². The maximum atomic E-state index is 12.3. The third kappa shape index (κ3) is 3.90. The molecule has 19 heavy (non-hydrogen) atoms. The van der Waals surface area contributed by atoms with E-state index in [2.05, 4.69) is 5.32 Å². The van der Waals surface area contributed by atoms with E-state index in [-0.39, 0.29) is 6.04 Å². The monoisotopic (exact) mass is 289 g/mol. The normalized spacial score (nSPS) is 23.4. The number of hydrogen-bond acceptors (Lipinski definition) is 3. The lowest BCUT2D eigenvalue weighted by Gasteiger charge is -2.35. The molecule has 1 N–H and O–H groups in total. The fraction of sp³-hybridized carbons (Fsp3) is 1.00. The third-order valence-electron chi connectivity index (χ3n) is 4.26. The molecular formula is C13H27N3O2S. The summed E-state index contributed by atoms with van der Waals surface area (Å²) < 4.78 is 27.8. The van der Waals surface area contributed by atoms with Crippen molar-refractivity contribution in [1.29, 1.82) is 0 Å². The van der Waals surface area contributed by atoms with E-state index in [0.29, 0.717) is 19.0 Å². The van der Waals surface area contributed by atoms with Crippen LogP contribution < -0.4 is 5.32 Å². The molecule has 1 saturated carbocycles. The molecule has 0 bridgehead atoms. The smallest absolute Gasteiger partial charge is 0.281 e. The van der Waals surface area contributed by atoms with Gasteiger partial charge in [0.25, 0.3) is 10.2 Å². The minimum Gasteiger partial charge on any atom is -0.314 e. The Bertz CT molecular complexity index is 385. The summed E-state index contributed by atoms with van der Waals surface area (Å²) >= 11 is 0. The summed E-state index contributed by atoms with van der Waals surface area (Å²) in [6, 6.07) is 0.757. The highest BCUT2D eigenvalue weighted by Crippen LogP contribution is 2.23. The number of rotatable bonds is 6. The lowest BCUT2D eigenvalue weighted by molar-refractivity contribution is 0.248. The summed E-state index contributed by atoms with van der Waals surface area (Å²) in [5, 5.41) is 3.54. The van der Waals surface area contributed by atoms with E-state index in [0.717, 1.165) is 25.4 Å². The molecule has 0 amide bonds. The minimum atomic E-state index is -3.26. The van der Waals surface area contributed by atoms with Gasteiger partial charge in [0, 0.05) is 32.2 Å². The van der Waals surface area contributed by atoms with E-state index in [9.17, 15) is 8.42 Å². The van der Waals surface area contributed by atoms with Crippen molar-refractivity contribution in [3.8, 4) is 0 Å². The average molecular weight is 289 g/mol. The Hall–Kier alpha value is -0.170. The third-order valence-corrected chi connectivity index (χ3v) is 6.43. The molecule has 0 radical (unpaired) electrons. The van der Waals surface area contributed by atoms with Crippen LogP contribution in [0.25, 0.3) is 0 Å². The molecule has 1 saturated heterocycles. The molecule has 2 rings (SSSR count). The first-order valence-electron chi connectivity index (χ1n) is 7.37. The van der Waals surface area contributed by atoms with Crippen molar-refractivity contribution in [2.75, 3.05) is 26.7 Å². The van der Waals surface area contributed by atoms with Crippen LogP contribution in [0.2, 0.25) is 0 Å². The Morgan fingerprint density at radius 2 is 1.79 bits per heavy atom. The summed E-state index contributed by atoms with van der Waals surface area (Å²) in [6.07, 6.45) is 4.58. The maximum absolute atomic E-state index is 12.3. The van der Waals surface area contributed by atoms with Crippen LogP contribution in [0.1, 0.15) is 39.5 Å². The molecule has 0 aromatic rings. The molecule has 5 nitrogen and oxygen atoms in total. The Labute approximate surface area is 117 Å². The highest BCUT2D eigenvalue weighted by molar-refractivity contribution is 7.86. The van der Waals surface area contributed by atoms with E-state index in [1.54, 1.807) is 11.4 Å². The van der Waals surface area contributed by atoms with Crippen LogP contribution in [0.5, 0.6) is 0 Å². The molecule has 0 aromatic carbocycles. The molecule has 0 aromatic heterocycles. The number of hydrogen-bond donors (Lipinski definition) is 1. The SMILES string of the molecule is CC(C)N(C)S(=O)(=O)N1CCC(CNC2CC2)CC1. The Kier molecular flexibility index (Phi) is 4.87. The Balaban J connectivity index is 1.81. The second-order valence-corrected chi connectivity index (χ2v) is 8.13. The van der Waals surface area contributed by atoms with Gasteiger partial charge in [0.2, 0.25) is 0 Å². The molecular weight excluding hydrogens is 262 g/mol. The summed E-state index contributed by atoms with van der Waals surface area (Å²) in [7, 11) is -1.59. The van der Waals surface area contributed by atoms with Crippen LogP contribution in [0, 0.1) is 5.92 Å². The molecule has 0 unspecified atom stereocenters. The molecule has 1 aliphatic heterocycles. The van der Waals surface area contributed by atoms with Gasteiger partial charge in [-0.2, -0.15) is 17.0 Å². The number of nitrogens with zero attached hydrogens (tertiary/aromatic N) is 2. The average Bonchev–Trinajstić information content (AvgIpc) is 3.19. The molecule has 0 atom stereocenters. The van der Waals surface area contributed by atoms with Crippen LogP contribution in [-0.2, 0) is 10.2 Å². The van der Waals surface area contributed by atoms with Crippen LogP contribution in [0.15, 0.2) is 0 Å². The highest BCUT2D eigenvalue weighted by Gasteiger charge is 2.32. The molecule has 1 heterocycles. The van der Waals surface area contributed by atoms with Crippen molar-refractivity contribution in [3.63, 3.8) is 0 Å². The van der Waals surface area contributed by atoms with Gasteiger partial charge >= 0.3 is 0 Å². The lowest BCUT2D eigenvalue weighted by Crippen LogP contribution is -2.48. The first-order chi connectivity index (χ1) is 8.91. The van der Waals surface area contributed by atoms with Gasteiger partial charge in [0.15, 0.2) is 0 Å². The zero-order valence-corrected chi connectivity index (χ0v) is 13.1. The molecule has 0 spiro atoms. The topological polar surface area (TPSA) is 52.7 Å². The summed E-state index contributed by atoms with van der Waals surface area (Å²) in [5.74, 6) is 0.636. The Morgan fingerprint density at radius 3 is 2.26 bits per heavy atom. The lowest BCUT2D eigenvalue weighted by atomic mass is 9.98. The van der Waals surface area contributed by atoms with Gasteiger partial charge in [-0.3, -0.25) is 0 Å². The fourth-order valence-electron chi connectivity index (χ4n) is 2.41. The van der Waals surface area contributed by atoms with Gasteiger partial charge in [-0.25, -0.2) is 0 Å². The van der Waals surface area contributed by atoms with Gasteiger partial charge in [0.1, 0.15) is 0 Å². The van der Waals surface area contributed by atoms with Gasteiger partial charge < -0.3 is 5.32 Å². The van der Waals surface area contributed by atoms with E-state index in [1.807, 2.05) is 13.8 Å². The Morgan fingerprint density at radius 1 is 1.21 bits per heavy atom. The van der Waals surface area contributed by atoms with Crippen molar-refractivity contribution in [3.05, 3.63) is 0 Å². The minimum absolute atomic E-state index is 0.0132. The summed E-state index contributed by atoms with van der Waals surface area (Å²) in [4.78, 5) is 0. The second-order valence-electron chi connectivity index (χ2n) is 6.14. The first kappa shape index (κ1) is 15.2. The van der Waals surface area contributed by atoms with Crippen LogP contribution in [-0.4, -0.2) is 55.8 Å². The molecule has 2 aliphatic rings. The van der Waals surface area contributed by atoms with Crippen molar-refractivity contribution in [2.24, 2.45) is 5.92 Å². The molecule has 112 valence electrons. The standard InChI is InChI=1S/C13H27N3O2S/c1-11(2)15(3)19(17,18)16-8-6-12(7-9-16)10-14-13-4-5-13/h11-14H,4-10H2,1-3H3. The zero-order chi connectivity index (χ0) is 14.0. The largest absolute Gasteiger partial charge is 0.314 e. The maximum Gasteiger partial charge on any atom is 0.281 e. The molecule has 2 fully saturated rings. The van der Waals surface area contributed by atoms with Gasteiger partial charge in [0.05, 0.1) is 0 Å². The quantitative estimate of drug-likeness (QED) is 0.795. The molecule has 6 heteroatoms. The van der Waals surface area contributed by atoms with Crippen LogP contribution >= 0.6 is 0 Å². The molecule has 1 aliphatic carbocycles. The van der Waals surface area contributed by atoms with E-state index in [1.165, 1.54) is 17.1 Å². The van der Waals surface area contributed by atoms with Gasteiger partial charge in [-0.05, 0) is 52.0 Å². The summed E-state index contributed by atoms with van der Waals surface area (Å²) in [6.45, 7) is 6.19. The van der Waals surface area contributed by atoms with Crippen molar-refractivity contribution in [2.45, 2.75) is 51.6 Å². The van der Waals surface area contributed by atoms with E-state index >= 15 is 0 Å². The summed E-state index contributed by atoms with van der Waals surface area (Å²) in [5.41, 5.74) is 0. The van der Waals surface area contributed by atoms with Crippen molar-refractivity contribution in [1.82, 2.24) is 13.9 Å². The van der Waals surface area contributed by atoms with Crippen LogP contribution in [0.3, 0.4) is 0 Å². The van der Waals surface area contributed by atoms with Crippen LogP contribution in [0.4, 0.5) is 0 Å². The second kappa shape index (κ2) is 6.08. The number of nitrogens with one attached hydrogen (secondary N) is 1. The van der Waals surface area contributed by atoms with Gasteiger partial charge in [-0.15, -0.1) is 0 Å².